The molecule has 1 unspecified atom stereocenters. The van der Waals surface area contributed by atoms with Gasteiger partial charge in [-0.25, -0.2) is 9.48 Å². The zero-order valence-corrected chi connectivity index (χ0v) is 14.3. The molecule has 0 bridgehead atoms. The predicted molar refractivity (Wildman–Crippen MR) is 93.9 cm³/mol. The molecule has 130 valence electrons. The second kappa shape index (κ2) is 6.40. The minimum atomic E-state index is -0.165. The Balaban J connectivity index is 1.43. The van der Waals surface area contributed by atoms with Crippen LogP contribution >= 0.6 is 11.6 Å². The summed E-state index contributed by atoms with van der Waals surface area (Å²) < 4.78 is 1.67. The lowest BCUT2D eigenvalue weighted by molar-refractivity contribution is -0.130. The molecule has 2 aliphatic heterocycles. The van der Waals surface area contributed by atoms with E-state index in [1.165, 1.54) is 0 Å². The molecule has 3 amide bonds. The highest BCUT2D eigenvalue weighted by molar-refractivity contribution is 6.32. The molecule has 3 heterocycles. The van der Waals surface area contributed by atoms with Crippen LogP contribution < -0.4 is 5.32 Å². The van der Waals surface area contributed by atoms with Crippen LogP contribution in [0.3, 0.4) is 0 Å². The largest absolute Gasteiger partial charge is 0.336 e. The summed E-state index contributed by atoms with van der Waals surface area (Å²) in [6, 6.07) is 7.14. The highest BCUT2D eigenvalue weighted by Crippen LogP contribution is 2.25. The number of carbonyl (C=O) groups excluding carboxylic acids is 2. The number of rotatable bonds is 2. The number of urea groups is 1. The first-order valence-electron chi connectivity index (χ1n) is 8.27. The van der Waals surface area contributed by atoms with Crippen LogP contribution in [0.15, 0.2) is 36.7 Å². The number of anilines is 1. The first-order chi connectivity index (χ1) is 12.1. The Bertz CT molecular complexity index is 807. The van der Waals surface area contributed by atoms with Crippen molar-refractivity contribution in [1.82, 2.24) is 19.6 Å². The molecule has 1 N–H and O–H groups in total. The maximum atomic E-state index is 12.5. The Hall–Kier alpha value is -2.54. The van der Waals surface area contributed by atoms with E-state index in [4.69, 9.17) is 11.6 Å². The van der Waals surface area contributed by atoms with Gasteiger partial charge in [0.25, 0.3) is 0 Å². The fourth-order valence-electron chi connectivity index (χ4n) is 3.43. The molecule has 1 atom stereocenters. The van der Waals surface area contributed by atoms with Gasteiger partial charge in [0.05, 0.1) is 10.7 Å². The van der Waals surface area contributed by atoms with Crippen molar-refractivity contribution in [3.8, 4) is 5.69 Å². The molecule has 25 heavy (non-hydrogen) atoms. The van der Waals surface area contributed by atoms with Gasteiger partial charge < -0.3 is 15.1 Å². The first-order valence-corrected chi connectivity index (χ1v) is 8.64. The molecule has 2 saturated heterocycles. The van der Waals surface area contributed by atoms with Crippen molar-refractivity contribution in [2.45, 2.75) is 18.9 Å². The number of fused-ring (bicyclic) bond motifs is 1. The van der Waals surface area contributed by atoms with Gasteiger partial charge in [-0.15, -0.1) is 0 Å². The second-order valence-electron chi connectivity index (χ2n) is 6.27. The summed E-state index contributed by atoms with van der Waals surface area (Å²) in [5.41, 5.74) is 1.39. The van der Waals surface area contributed by atoms with Crippen molar-refractivity contribution in [3.63, 3.8) is 0 Å². The average Bonchev–Trinajstić information content (AvgIpc) is 3.25. The zero-order chi connectivity index (χ0) is 17.4. The molecule has 7 nitrogen and oxygen atoms in total. The Labute approximate surface area is 150 Å². The van der Waals surface area contributed by atoms with Gasteiger partial charge in [0.15, 0.2) is 0 Å². The van der Waals surface area contributed by atoms with E-state index in [2.05, 4.69) is 10.4 Å². The van der Waals surface area contributed by atoms with Crippen LogP contribution in [0.2, 0.25) is 5.02 Å². The smallest absolute Gasteiger partial charge is 0.321 e. The van der Waals surface area contributed by atoms with E-state index in [0.29, 0.717) is 36.8 Å². The first kappa shape index (κ1) is 16.0. The Morgan fingerprint density at radius 1 is 1.32 bits per heavy atom. The van der Waals surface area contributed by atoms with Gasteiger partial charge in [-0.3, -0.25) is 4.79 Å². The molecular formula is C17H18ClN5O2. The third-order valence-corrected chi connectivity index (χ3v) is 5.03. The quantitative estimate of drug-likeness (QED) is 0.894. The van der Waals surface area contributed by atoms with E-state index < -0.39 is 0 Å². The minimum absolute atomic E-state index is 0.151. The van der Waals surface area contributed by atoms with Crippen molar-refractivity contribution in [2.75, 3.05) is 25.0 Å². The van der Waals surface area contributed by atoms with E-state index in [9.17, 15) is 9.59 Å². The number of nitrogens with zero attached hydrogens (tertiary/aromatic N) is 4. The van der Waals surface area contributed by atoms with Gasteiger partial charge in [0, 0.05) is 50.2 Å². The summed E-state index contributed by atoms with van der Waals surface area (Å²) in [7, 11) is 0. The second-order valence-corrected chi connectivity index (χ2v) is 6.68. The van der Waals surface area contributed by atoms with E-state index >= 15 is 0 Å². The third kappa shape index (κ3) is 3.07. The van der Waals surface area contributed by atoms with Crippen LogP contribution in [0, 0.1) is 0 Å². The van der Waals surface area contributed by atoms with Crippen molar-refractivity contribution in [1.29, 1.82) is 0 Å². The topological polar surface area (TPSA) is 70.5 Å². The fourth-order valence-corrected chi connectivity index (χ4v) is 3.70. The number of piperazine rings is 1. The Kier molecular flexibility index (Phi) is 4.09. The van der Waals surface area contributed by atoms with E-state index in [-0.39, 0.29) is 18.0 Å². The highest BCUT2D eigenvalue weighted by Gasteiger charge is 2.36. The van der Waals surface area contributed by atoms with Crippen LogP contribution in [0.25, 0.3) is 5.69 Å². The summed E-state index contributed by atoms with van der Waals surface area (Å²) in [5.74, 6) is 0.200. The molecule has 0 saturated carbocycles. The Morgan fingerprint density at radius 2 is 2.20 bits per heavy atom. The van der Waals surface area contributed by atoms with Crippen LogP contribution in [0.5, 0.6) is 0 Å². The van der Waals surface area contributed by atoms with Crippen LogP contribution in [-0.4, -0.2) is 57.2 Å². The number of aromatic nitrogens is 2. The normalized spacial score (nSPS) is 19.9. The lowest BCUT2D eigenvalue weighted by atomic mass is 10.1. The average molecular weight is 360 g/mol. The monoisotopic (exact) mass is 359 g/mol. The van der Waals surface area contributed by atoms with E-state index in [0.717, 1.165) is 12.1 Å². The van der Waals surface area contributed by atoms with Gasteiger partial charge in [-0.05, 0) is 30.7 Å². The molecule has 8 heteroatoms. The number of benzene rings is 1. The number of nitrogens with one attached hydrogen (secondary N) is 1. The summed E-state index contributed by atoms with van der Waals surface area (Å²) in [6.07, 6.45) is 4.90. The SMILES string of the molecule is O=C(Nc1ccc(-n2cccn2)c(Cl)c1)N1CCN2C(=O)CCC2C1. The van der Waals surface area contributed by atoms with Gasteiger partial charge in [0.2, 0.25) is 5.91 Å². The summed E-state index contributed by atoms with van der Waals surface area (Å²) in [5, 5.41) is 7.55. The van der Waals surface area contributed by atoms with Crippen LogP contribution in [0.1, 0.15) is 12.8 Å². The molecule has 0 radical (unpaired) electrons. The number of hydrogen-bond acceptors (Lipinski definition) is 3. The van der Waals surface area contributed by atoms with E-state index in [1.807, 2.05) is 23.2 Å². The maximum Gasteiger partial charge on any atom is 0.321 e. The van der Waals surface area contributed by atoms with Crippen molar-refractivity contribution in [3.05, 3.63) is 41.7 Å². The van der Waals surface area contributed by atoms with Crippen LogP contribution in [-0.2, 0) is 4.79 Å². The zero-order valence-electron chi connectivity index (χ0n) is 13.6. The number of carbonyl (C=O) groups is 2. The number of hydrogen-bond donors (Lipinski definition) is 1. The molecule has 0 spiro atoms. The van der Waals surface area contributed by atoms with Crippen molar-refractivity contribution < 1.29 is 9.59 Å². The Morgan fingerprint density at radius 3 is 2.96 bits per heavy atom. The van der Waals surface area contributed by atoms with E-state index in [1.54, 1.807) is 27.9 Å². The van der Waals surface area contributed by atoms with Gasteiger partial charge in [-0.1, -0.05) is 11.6 Å². The summed E-state index contributed by atoms with van der Waals surface area (Å²) in [6.45, 7) is 1.74. The molecule has 2 fully saturated rings. The maximum absolute atomic E-state index is 12.5. The lowest BCUT2D eigenvalue weighted by Gasteiger charge is -2.37. The summed E-state index contributed by atoms with van der Waals surface area (Å²) in [4.78, 5) is 27.9. The standard InChI is InChI=1S/C17H18ClN5O2/c18-14-10-12(2-4-15(14)23-7-1-6-19-23)20-17(25)21-8-9-22-13(11-21)3-5-16(22)24/h1-2,4,6-7,10,13H,3,5,8-9,11H2,(H,20,25). The molecule has 0 aliphatic carbocycles. The van der Waals surface area contributed by atoms with Crippen LogP contribution in [0.4, 0.5) is 10.5 Å². The molecular weight excluding hydrogens is 342 g/mol. The number of halogens is 1. The highest BCUT2D eigenvalue weighted by atomic mass is 35.5. The van der Waals surface area contributed by atoms with Gasteiger partial charge in [-0.2, -0.15) is 5.10 Å². The molecule has 1 aromatic heterocycles. The lowest BCUT2D eigenvalue weighted by Crippen LogP contribution is -2.54. The van der Waals surface area contributed by atoms with Crippen molar-refractivity contribution in [2.24, 2.45) is 0 Å². The minimum Gasteiger partial charge on any atom is -0.336 e. The molecule has 4 rings (SSSR count). The molecule has 2 aromatic rings. The van der Waals surface area contributed by atoms with Gasteiger partial charge >= 0.3 is 6.03 Å². The fraction of sp³-hybridized carbons (Fsp3) is 0.353. The summed E-state index contributed by atoms with van der Waals surface area (Å²) >= 11 is 6.31. The molecule has 2 aliphatic rings. The van der Waals surface area contributed by atoms with Gasteiger partial charge in [0.1, 0.15) is 0 Å². The molecule has 1 aromatic carbocycles. The predicted octanol–water partition coefficient (Wildman–Crippen LogP) is 2.36. The number of amides is 3. The third-order valence-electron chi connectivity index (χ3n) is 4.73. The van der Waals surface area contributed by atoms with Crippen molar-refractivity contribution >= 4 is 29.2 Å².